The minimum absolute atomic E-state index is 0.0201. The molecule has 362 valence electrons. The summed E-state index contributed by atoms with van der Waals surface area (Å²) < 4.78 is 28.1. The van der Waals surface area contributed by atoms with Gasteiger partial charge in [-0.2, -0.15) is 0 Å². The summed E-state index contributed by atoms with van der Waals surface area (Å²) in [5, 5.41) is 9.07. The second kappa shape index (κ2) is 23.7. The molecule has 0 saturated heterocycles. The highest BCUT2D eigenvalue weighted by Gasteiger charge is 2.53. The molecule has 0 bridgehead atoms. The molecule has 3 N–H and O–H groups in total. The molecule has 0 aliphatic carbocycles. The van der Waals surface area contributed by atoms with Gasteiger partial charge in [0.2, 0.25) is 0 Å². The lowest BCUT2D eigenvalue weighted by Gasteiger charge is -2.46. The van der Waals surface area contributed by atoms with E-state index in [2.05, 4.69) is 250 Å². The highest BCUT2D eigenvalue weighted by atomic mass is 28.4. The Labute approximate surface area is 402 Å². The van der Waals surface area contributed by atoms with Crippen LogP contribution in [0, 0.1) is 0 Å². The van der Waals surface area contributed by atoms with E-state index in [1.807, 2.05) is 0 Å². The van der Waals surface area contributed by atoms with Crippen molar-refractivity contribution in [2.24, 2.45) is 5.73 Å². The molecule has 6 nitrogen and oxygen atoms in total. The molecule has 4 aromatic carbocycles. The monoisotopic (exact) mass is 957 g/mol. The fourth-order valence-corrected chi connectivity index (χ4v) is 19.5. The van der Waals surface area contributed by atoms with E-state index in [1.54, 1.807) is 0 Å². The largest absolute Gasteiger partial charge is 0.414 e. The van der Waals surface area contributed by atoms with Gasteiger partial charge < -0.3 is 28.8 Å². The topological polar surface area (TPSA) is 75.0 Å². The number of nitrogens with two attached hydrogens (primary N) is 1. The van der Waals surface area contributed by atoms with Crippen LogP contribution >= 0.6 is 0 Å². The van der Waals surface area contributed by atoms with Crippen LogP contribution in [-0.4, -0.2) is 77.8 Å². The van der Waals surface area contributed by atoms with Crippen LogP contribution in [0.4, 0.5) is 0 Å². The molecule has 0 fully saturated rings. The molecule has 0 unspecified atom stereocenters. The summed E-state index contributed by atoms with van der Waals surface area (Å²) in [5.41, 5.74) is 6.05. The van der Waals surface area contributed by atoms with Gasteiger partial charge in [0.1, 0.15) is 0 Å². The second-order valence-electron chi connectivity index (χ2n) is 23.4. The molecule has 4 rings (SSSR count). The van der Waals surface area contributed by atoms with E-state index in [0.717, 1.165) is 19.4 Å². The number of rotatable bonds is 20. The Morgan fingerprint density at radius 2 is 0.723 bits per heavy atom. The van der Waals surface area contributed by atoms with E-state index >= 15 is 0 Å². The van der Waals surface area contributed by atoms with Crippen molar-refractivity contribution >= 4 is 54.0 Å². The van der Waals surface area contributed by atoms with Crippen molar-refractivity contribution in [1.29, 1.82) is 0 Å². The zero-order valence-electron chi connectivity index (χ0n) is 44.2. The molecule has 0 aliphatic heterocycles. The van der Waals surface area contributed by atoms with Crippen molar-refractivity contribution < 1.29 is 17.7 Å². The van der Waals surface area contributed by atoms with Gasteiger partial charge >= 0.3 is 0 Å². The predicted molar refractivity (Wildman–Crippen MR) is 293 cm³/mol. The van der Waals surface area contributed by atoms with Crippen LogP contribution in [-0.2, 0) is 17.7 Å². The van der Waals surface area contributed by atoms with Crippen LogP contribution in [0.2, 0.25) is 46.3 Å². The number of benzene rings is 4. The normalized spacial score (nSPS) is 14.5. The molecule has 65 heavy (non-hydrogen) atoms. The Morgan fingerprint density at radius 3 is 0.954 bits per heavy atom. The summed E-state index contributed by atoms with van der Waals surface area (Å²) in [4.78, 5) is 0. The van der Waals surface area contributed by atoms with E-state index in [9.17, 15) is 0 Å². The van der Waals surface area contributed by atoms with Crippen LogP contribution in [0.1, 0.15) is 110 Å². The zero-order chi connectivity index (χ0) is 49.0. The molecule has 10 heteroatoms. The fraction of sp³-hybridized carbons (Fsp3) is 0.564. The molecule has 0 aliphatic rings. The molecule has 2 atom stereocenters. The highest BCUT2D eigenvalue weighted by Crippen LogP contribution is 2.41. The summed E-state index contributed by atoms with van der Waals surface area (Å²) >= 11 is 0. The maximum atomic E-state index is 7.46. The average molecular weight is 958 g/mol. The van der Waals surface area contributed by atoms with E-state index in [4.69, 9.17) is 23.4 Å². The molecular formula is C55H92N2O4Si4. The van der Waals surface area contributed by atoms with Crippen molar-refractivity contribution in [2.45, 2.75) is 174 Å². The maximum absolute atomic E-state index is 7.46. The van der Waals surface area contributed by atoms with Gasteiger partial charge in [0.25, 0.3) is 16.6 Å². The number of hydrogen-bond donors (Lipinski definition) is 2. The molecule has 4 aromatic rings. The number of nitrogens with one attached hydrogen (secondary N) is 1. The van der Waals surface area contributed by atoms with Crippen LogP contribution in [0.5, 0.6) is 0 Å². The summed E-state index contributed by atoms with van der Waals surface area (Å²) in [7, 11) is -9.01. The Bertz CT molecular complexity index is 1860. The third kappa shape index (κ3) is 15.0. The first-order valence-corrected chi connectivity index (χ1v) is 34.0. The van der Waals surface area contributed by atoms with Crippen molar-refractivity contribution in [3.8, 4) is 0 Å². The molecule has 0 spiro atoms. The summed E-state index contributed by atoms with van der Waals surface area (Å²) in [6, 6.07) is 43.9. The molecular weight excluding hydrogens is 865 g/mol. The molecule has 0 aromatic heterocycles. The van der Waals surface area contributed by atoms with Crippen molar-refractivity contribution in [3.63, 3.8) is 0 Å². The molecule has 0 amide bonds. The van der Waals surface area contributed by atoms with Gasteiger partial charge in [-0.3, -0.25) is 0 Å². The van der Waals surface area contributed by atoms with E-state index in [-0.39, 0.29) is 32.4 Å². The van der Waals surface area contributed by atoms with Gasteiger partial charge in [-0.1, -0.05) is 218 Å². The summed E-state index contributed by atoms with van der Waals surface area (Å²) in [6.45, 7) is 44.1. The van der Waals surface area contributed by atoms with Gasteiger partial charge in [0.15, 0.2) is 16.6 Å². The Kier molecular flexibility index (Phi) is 20.7. The lowest BCUT2D eigenvalue weighted by Crippen LogP contribution is -2.68. The lowest BCUT2D eigenvalue weighted by atomic mass is 10.2. The van der Waals surface area contributed by atoms with Gasteiger partial charge in [0, 0.05) is 6.04 Å². The fourth-order valence-electron chi connectivity index (χ4n) is 7.99. The van der Waals surface area contributed by atoms with Crippen molar-refractivity contribution in [2.75, 3.05) is 26.3 Å². The smallest absolute Gasteiger partial charge is 0.261 e. The lowest BCUT2D eigenvalue weighted by molar-refractivity contribution is 0.104. The second-order valence-corrected chi connectivity index (χ2v) is 41.5. The third-order valence-electron chi connectivity index (χ3n) is 13.9. The quantitative estimate of drug-likeness (QED) is 0.0860. The first kappa shape index (κ1) is 56.8. The SMILES string of the molecule is CC(C)(C)[Si](C)(C)OC[C@H](CCN)O[Si](c1ccccc1)(c1ccccc1)C(C)(C)C.CC(C)NCC[C@@H](CO[Si](C)(C)C(C)(C)C)O[Si](c1ccccc1)(c1ccccc1)C(C)(C)C. The van der Waals surface area contributed by atoms with Gasteiger partial charge in [-0.25, -0.2) is 0 Å². The number of hydrogen-bond acceptors (Lipinski definition) is 6. The molecule has 0 radical (unpaired) electrons. The summed E-state index contributed by atoms with van der Waals surface area (Å²) in [5.74, 6) is 0. The Morgan fingerprint density at radius 1 is 0.446 bits per heavy atom. The third-order valence-corrected chi connectivity index (χ3v) is 33.1. The van der Waals surface area contributed by atoms with E-state index in [0.29, 0.717) is 25.8 Å². The van der Waals surface area contributed by atoms with Gasteiger partial charge in [0.05, 0.1) is 25.4 Å². The van der Waals surface area contributed by atoms with Crippen molar-refractivity contribution in [3.05, 3.63) is 121 Å². The first-order valence-electron chi connectivity index (χ1n) is 24.3. The van der Waals surface area contributed by atoms with E-state index in [1.165, 1.54) is 20.7 Å². The standard InChI is InChI=1S/C29H49NO2Si2.C26H43NO2Si2/c1-24(2)30-22-21-25(23-31-33(9,10)28(3,4)5)32-34(29(6,7)8,26-17-13-11-14-18-26)27-19-15-12-16-20-27;1-25(2,3)30(7,8)28-21-22(19-20-27)29-31(26(4,5)6,23-15-11-9-12-16-23)24-17-13-10-14-18-24/h11-20,24-25,30H,21-23H2,1-10H3;9-18,22H,19-21,27H2,1-8H3/t25-;22-/m00/s1. The minimum Gasteiger partial charge on any atom is -0.414 e. The van der Waals surface area contributed by atoms with Gasteiger partial charge in [-0.05, 0) is 93.0 Å². The Hall–Kier alpha value is -2.49. The molecule has 0 heterocycles. The van der Waals surface area contributed by atoms with Gasteiger partial charge in [-0.15, -0.1) is 0 Å². The van der Waals surface area contributed by atoms with Crippen LogP contribution in [0.15, 0.2) is 121 Å². The highest BCUT2D eigenvalue weighted by molar-refractivity contribution is 7.00. The Balaban J connectivity index is 0.000000347. The van der Waals surface area contributed by atoms with E-state index < -0.39 is 33.3 Å². The van der Waals surface area contributed by atoms with Crippen LogP contribution < -0.4 is 31.8 Å². The maximum Gasteiger partial charge on any atom is 0.261 e. The average Bonchev–Trinajstić information content (AvgIpc) is 3.22. The first-order chi connectivity index (χ1) is 30.1. The van der Waals surface area contributed by atoms with Crippen LogP contribution in [0.25, 0.3) is 0 Å². The molecule has 0 saturated carbocycles. The minimum atomic E-state index is -2.62. The van der Waals surface area contributed by atoms with Crippen LogP contribution in [0.3, 0.4) is 0 Å². The summed E-state index contributed by atoms with van der Waals surface area (Å²) in [6.07, 6.45) is 1.70. The zero-order valence-corrected chi connectivity index (χ0v) is 48.2. The predicted octanol–water partition coefficient (Wildman–Crippen LogP) is 11.6. The van der Waals surface area contributed by atoms with Crippen molar-refractivity contribution in [1.82, 2.24) is 5.32 Å².